The van der Waals surface area contributed by atoms with Crippen LogP contribution in [0.25, 0.3) is 33.5 Å². The molecule has 0 radical (unpaired) electrons. The molecule has 0 amide bonds. The monoisotopic (exact) mass is 556 g/mol. The zero-order chi connectivity index (χ0) is 27.1. The van der Waals surface area contributed by atoms with E-state index < -0.39 is 11.2 Å². The number of aliphatic hydroxyl groups is 1. The van der Waals surface area contributed by atoms with Gasteiger partial charge in [0.1, 0.15) is 11.0 Å². The minimum atomic E-state index is -0.887. The number of rotatable bonds is 13. The predicted octanol–water partition coefficient (Wildman–Crippen LogP) is 4.70. The van der Waals surface area contributed by atoms with E-state index in [9.17, 15) is 15.0 Å². The number of carboxylic acid groups (broad SMARTS) is 1. The van der Waals surface area contributed by atoms with Crippen LogP contribution in [0.2, 0.25) is 5.02 Å². The Kier molecular flexibility index (Phi) is 9.59. The average molecular weight is 557 g/mol. The van der Waals surface area contributed by atoms with Crippen molar-refractivity contribution in [1.82, 2.24) is 20.3 Å². The van der Waals surface area contributed by atoms with Crippen molar-refractivity contribution < 1.29 is 24.9 Å². The highest BCUT2D eigenvalue weighted by Gasteiger charge is 2.20. The Morgan fingerprint density at radius 1 is 1.13 bits per heavy atom. The first kappa shape index (κ1) is 27.9. The number of aliphatic hydroxyl groups excluding tert-OH is 1. The molecule has 2 aromatic carbocycles. The molecule has 38 heavy (non-hydrogen) atoms. The zero-order valence-corrected chi connectivity index (χ0v) is 22.3. The average Bonchev–Trinajstić information content (AvgIpc) is 3.30. The van der Waals surface area contributed by atoms with Gasteiger partial charge in [-0.3, -0.25) is 4.79 Å². The number of aromatic nitrogens is 3. The minimum Gasteiger partial charge on any atom is -0.507 e. The summed E-state index contributed by atoms with van der Waals surface area (Å²) in [6.45, 7) is 3.89. The van der Waals surface area contributed by atoms with Gasteiger partial charge in [0.05, 0.1) is 36.1 Å². The van der Waals surface area contributed by atoms with Crippen LogP contribution in [0.1, 0.15) is 18.9 Å². The van der Waals surface area contributed by atoms with Gasteiger partial charge in [0.2, 0.25) is 0 Å². The lowest BCUT2D eigenvalue weighted by Crippen LogP contribution is -2.19. The zero-order valence-electron chi connectivity index (χ0n) is 20.8. The number of phenolic OH excluding ortho intramolecular Hbond substituents is 1. The number of ether oxygens (including phenoxy) is 1. The number of nitrogens with one attached hydrogen (secondary N) is 2. The third kappa shape index (κ3) is 6.83. The standard InChI is InChI=1S/C27H29ClN4O5S/c1-2-23(26(35)36)38-27-30-21-14-20(28)24(31-25(21)32-27)18-6-4-17(5-7-18)19-8-3-16(13-22(19)34)15-29-9-11-37-12-10-33/h3-8,13-14,23,29,33-34H,2,9-12,15H2,1H3,(H,35,36)(H,30,31,32). The maximum Gasteiger partial charge on any atom is 0.317 e. The second-order valence-electron chi connectivity index (χ2n) is 8.53. The number of imidazole rings is 1. The summed E-state index contributed by atoms with van der Waals surface area (Å²) >= 11 is 7.68. The van der Waals surface area contributed by atoms with E-state index in [1.807, 2.05) is 43.3 Å². The largest absolute Gasteiger partial charge is 0.507 e. The number of pyridine rings is 1. The second kappa shape index (κ2) is 13.1. The van der Waals surface area contributed by atoms with E-state index in [1.54, 1.807) is 12.1 Å². The van der Waals surface area contributed by atoms with Crippen LogP contribution < -0.4 is 5.32 Å². The van der Waals surface area contributed by atoms with Gasteiger partial charge in [-0.25, -0.2) is 9.97 Å². The number of aromatic hydroxyl groups is 1. The van der Waals surface area contributed by atoms with Gasteiger partial charge in [0, 0.05) is 24.2 Å². The first-order valence-corrected chi connectivity index (χ1v) is 13.4. The van der Waals surface area contributed by atoms with E-state index in [4.69, 9.17) is 21.4 Å². The summed E-state index contributed by atoms with van der Waals surface area (Å²) in [5, 5.41) is 32.2. The topological polar surface area (TPSA) is 141 Å². The van der Waals surface area contributed by atoms with Crippen molar-refractivity contribution in [1.29, 1.82) is 0 Å². The summed E-state index contributed by atoms with van der Waals surface area (Å²) in [5.41, 5.74) is 4.94. The molecule has 1 unspecified atom stereocenters. The maximum atomic E-state index is 11.4. The van der Waals surface area contributed by atoms with E-state index in [0.717, 1.165) is 28.5 Å². The number of nitrogens with zero attached hydrogens (tertiary/aromatic N) is 2. The van der Waals surface area contributed by atoms with Gasteiger partial charge in [-0.2, -0.15) is 0 Å². The normalized spacial score (nSPS) is 12.2. The number of thioether (sulfide) groups is 1. The summed E-state index contributed by atoms with van der Waals surface area (Å²) in [6.07, 6.45) is 0.472. The fourth-order valence-corrected chi connectivity index (χ4v) is 4.99. The number of carboxylic acids is 1. The minimum absolute atomic E-state index is 0.00887. The van der Waals surface area contributed by atoms with Crippen molar-refractivity contribution >= 4 is 40.5 Å². The van der Waals surface area contributed by atoms with Crippen LogP contribution >= 0.6 is 23.4 Å². The van der Waals surface area contributed by atoms with Gasteiger partial charge < -0.3 is 30.4 Å². The van der Waals surface area contributed by atoms with Crippen LogP contribution in [0.4, 0.5) is 0 Å². The summed E-state index contributed by atoms with van der Waals surface area (Å²) in [5.74, 6) is -0.707. The molecule has 0 aliphatic heterocycles. The Morgan fingerprint density at radius 3 is 2.58 bits per heavy atom. The fraction of sp³-hybridized carbons (Fsp3) is 0.296. The molecular formula is C27H29ClN4O5S. The molecule has 1 atom stereocenters. The van der Waals surface area contributed by atoms with Crippen LogP contribution in [0, 0.1) is 0 Å². The van der Waals surface area contributed by atoms with Gasteiger partial charge in [-0.15, -0.1) is 0 Å². The Hall–Kier alpha value is -3.15. The quantitative estimate of drug-likeness (QED) is 0.117. The van der Waals surface area contributed by atoms with Crippen LogP contribution in [-0.4, -0.2) is 67.9 Å². The SMILES string of the molecule is CCC(Sc1nc2nc(-c3ccc(-c4ccc(CNCCOCCO)cc4O)cc3)c(Cl)cc2[nH]1)C(=O)O. The first-order chi connectivity index (χ1) is 18.4. The maximum absolute atomic E-state index is 11.4. The molecule has 0 saturated heterocycles. The number of benzene rings is 2. The number of hydrogen-bond acceptors (Lipinski definition) is 8. The molecule has 4 rings (SSSR count). The van der Waals surface area contributed by atoms with Crippen molar-refractivity contribution in [3.63, 3.8) is 0 Å². The van der Waals surface area contributed by atoms with Gasteiger partial charge in [-0.1, -0.05) is 66.7 Å². The van der Waals surface area contributed by atoms with Gasteiger partial charge in [0.15, 0.2) is 10.8 Å². The molecule has 11 heteroatoms. The predicted molar refractivity (Wildman–Crippen MR) is 149 cm³/mol. The smallest absolute Gasteiger partial charge is 0.317 e. The van der Waals surface area contributed by atoms with Crippen molar-refractivity contribution in [3.8, 4) is 28.1 Å². The van der Waals surface area contributed by atoms with Crippen LogP contribution in [-0.2, 0) is 16.1 Å². The third-order valence-corrected chi connectivity index (χ3v) is 7.35. The van der Waals surface area contributed by atoms with Crippen molar-refractivity contribution in [2.45, 2.75) is 30.3 Å². The molecule has 0 saturated carbocycles. The summed E-state index contributed by atoms with van der Waals surface area (Å²) in [7, 11) is 0. The van der Waals surface area contributed by atoms with E-state index in [1.165, 1.54) is 0 Å². The molecule has 2 aromatic heterocycles. The number of phenols is 1. The summed E-state index contributed by atoms with van der Waals surface area (Å²) < 4.78 is 5.22. The number of hydrogen-bond donors (Lipinski definition) is 5. The highest BCUT2D eigenvalue weighted by molar-refractivity contribution is 8.00. The van der Waals surface area contributed by atoms with Crippen LogP contribution in [0.5, 0.6) is 5.75 Å². The molecule has 0 spiro atoms. The van der Waals surface area contributed by atoms with E-state index in [0.29, 0.717) is 65.3 Å². The molecular weight excluding hydrogens is 528 g/mol. The molecule has 0 fully saturated rings. The Balaban J connectivity index is 1.47. The van der Waals surface area contributed by atoms with E-state index in [2.05, 4.69) is 20.3 Å². The van der Waals surface area contributed by atoms with Crippen molar-refractivity contribution in [2.24, 2.45) is 0 Å². The Labute approximate surface area is 229 Å². The van der Waals surface area contributed by atoms with Gasteiger partial charge in [0.25, 0.3) is 0 Å². The molecule has 4 aromatic rings. The summed E-state index contributed by atoms with van der Waals surface area (Å²) in [6, 6.07) is 14.9. The molecule has 5 N–H and O–H groups in total. The number of H-pyrrole nitrogens is 1. The Bertz CT molecular complexity index is 1400. The highest BCUT2D eigenvalue weighted by Crippen LogP contribution is 2.34. The van der Waals surface area contributed by atoms with Gasteiger partial charge in [-0.05, 0) is 29.7 Å². The van der Waals surface area contributed by atoms with Crippen LogP contribution in [0.15, 0.2) is 53.7 Å². The number of halogens is 1. The van der Waals surface area contributed by atoms with Gasteiger partial charge >= 0.3 is 5.97 Å². The number of carbonyl (C=O) groups is 1. The van der Waals surface area contributed by atoms with E-state index >= 15 is 0 Å². The van der Waals surface area contributed by atoms with Crippen molar-refractivity contribution in [2.75, 3.05) is 26.4 Å². The van der Waals surface area contributed by atoms with Crippen molar-refractivity contribution in [3.05, 3.63) is 59.1 Å². The summed E-state index contributed by atoms with van der Waals surface area (Å²) in [4.78, 5) is 23.5. The Morgan fingerprint density at radius 2 is 1.89 bits per heavy atom. The van der Waals surface area contributed by atoms with Crippen LogP contribution in [0.3, 0.4) is 0 Å². The molecule has 0 bridgehead atoms. The second-order valence-corrected chi connectivity index (χ2v) is 10.1. The lowest BCUT2D eigenvalue weighted by Gasteiger charge is -2.10. The third-order valence-electron chi connectivity index (χ3n) is 5.82. The lowest BCUT2D eigenvalue weighted by molar-refractivity contribution is -0.136. The number of fused-ring (bicyclic) bond motifs is 1. The molecule has 200 valence electrons. The lowest BCUT2D eigenvalue weighted by atomic mass is 10.00. The molecule has 0 aliphatic carbocycles. The first-order valence-electron chi connectivity index (χ1n) is 12.2. The molecule has 2 heterocycles. The molecule has 9 nitrogen and oxygen atoms in total. The fourth-order valence-electron chi connectivity index (χ4n) is 3.88. The molecule has 0 aliphatic rings. The highest BCUT2D eigenvalue weighted by atomic mass is 35.5. The number of aliphatic carboxylic acids is 1. The van der Waals surface area contributed by atoms with E-state index in [-0.39, 0.29) is 12.4 Å². The number of aromatic amines is 1.